The van der Waals surface area contributed by atoms with Gasteiger partial charge in [-0.15, -0.1) is 0 Å². The standard InChI is InChI=1S/C12H14N2O2/c13-8-12(4-2-6-16-9-12)11(15)10-3-1-5-14-7-10/h1,3,5,7,11,15H,2,4,6,9H2. The van der Waals surface area contributed by atoms with E-state index in [2.05, 4.69) is 11.1 Å². The van der Waals surface area contributed by atoms with E-state index >= 15 is 0 Å². The molecule has 1 fully saturated rings. The van der Waals surface area contributed by atoms with Gasteiger partial charge in [-0.05, 0) is 18.9 Å². The summed E-state index contributed by atoms with van der Waals surface area (Å²) in [5.41, 5.74) is -0.143. The van der Waals surface area contributed by atoms with Crippen LogP contribution in [0.2, 0.25) is 0 Å². The van der Waals surface area contributed by atoms with E-state index in [1.807, 2.05) is 0 Å². The number of ether oxygens (including phenoxy) is 1. The Morgan fingerprint density at radius 2 is 2.50 bits per heavy atom. The Hall–Kier alpha value is -1.44. The highest BCUT2D eigenvalue weighted by atomic mass is 16.5. The fourth-order valence-electron chi connectivity index (χ4n) is 2.04. The first-order valence-corrected chi connectivity index (χ1v) is 5.35. The predicted octanol–water partition coefficient (Wildman–Crippen LogP) is 1.44. The zero-order valence-electron chi connectivity index (χ0n) is 8.97. The normalized spacial score (nSPS) is 27.0. The first kappa shape index (κ1) is 11.1. The molecule has 0 aliphatic carbocycles. The van der Waals surface area contributed by atoms with Crippen molar-refractivity contribution in [3.8, 4) is 6.07 Å². The van der Waals surface area contributed by atoms with Crippen LogP contribution in [-0.2, 0) is 4.74 Å². The van der Waals surface area contributed by atoms with Crippen molar-refractivity contribution in [2.75, 3.05) is 13.2 Å². The van der Waals surface area contributed by atoms with Crippen LogP contribution < -0.4 is 0 Å². The zero-order valence-corrected chi connectivity index (χ0v) is 8.97. The van der Waals surface area contributed by atoms with E-state index in [1.165, 1.54) is 0 Å². The average Bonchev–Trinajstić information content (AvgIpc) is 2.39. The number of aromatic nitrogens is 1. The van der Waals surface area contributed by atoms with Gasteiger partial charge in [0.25, 0.3) is 0 Å². The van der Waals surface area contributed by atoms with Gasteiger partial charge < -0.3 is 9.84 Å². The molecule has 0 spiro atoms. The fraction of sp³-hybridized carbons (Fsp3) is 0.500. The molecule has 4 heteroatoms. The molecular formula is C12H14N2O2. The highest BCUT2D eigenvalue weighted by Gasteiger charge is 2.41. The number of rotatable bonds is 2. The van der Waals surface area contributed by atoms with E-state index in [-0.39, 0.29) is 0 Å². The zero-order chi connectivity index (χ0) is 11.4. The second-order valence-electron chi connectivity index (χ2n) is 4.11. The van der Waals surface area contributed by atoms with Crippen LogP contribution in [0.15, 0.2) is 24.5 Å². The molecule has 0 radical (unpaired) electrons. The number of nitrogens with zero attached hydrogens (tertiary/aromatic N) is 2. The van der Waals surface area contributed by atoms with Crippen LogP contribution in [0.4, 0.5) is 0 Å². The SMILES string of the molecule is N#CC1(C(O)c2cccnc2)CCCOC1. The predicted molar refractivity (Wildman–Crippen MR) is 57.3 cm³/mol. The van der Waals surface area contributed by atoms with Crippen molar-refractivity contribution in [2.24, 2.45) is 5.41 Å². The molecule has 1 aromatic heterocycles. The maximum atomic E-state index is 10.3. The summed E-state index contributed by atoms with van der Waals surface area (Å²) in [6.45, 7) is 0.961. The van der Waals surface area contributed by atoms with Crippen molar-refractivity contribution >= 4 is 0 Å². The van der Waals surface area contributed by atoms with Crippen LogP contribution in [0.3, 0.4) is 0 Å². The number of aliphatic hydroxyl groups excluding tert-OH is 1. The minimum atomic E-state index is -0.827. The van der Waals surface area contributed by atoms with Crippen LogP contribution in [0.1, 0.15) is 24.5 Å². The maximum absolute atomic E-state index is 10.3. The third-order valence-electron chi connectivity index (χ3n) is 3.02. The quantitative estimate of drug-likeness (QED) is 0.815. The first-order valence-electron chi connectivity index (χ1n) is 5.35. The molecule has 2 rings (SSSR count). The molecule has 1 saturated heterocycles. The van der Waals surface area contributed by atoms with Crippen molar-refractivity contribution in [2.45, 2.75) is 18.9 Å². The van der Waals surface area contributed by atoms with E-state index in [4.69, 9.17) is 4.74 Å². The molecule has 16 heavy (non-hydrogen) atoms. The maximum Gasteiger partial charge on any atom is 0.111 e. The van der Waals surface area contributed by atoms with E-state index in [1.54, 1.807) is 24.5 Å². The molecule has 1 aliphatic heterocycles. The molecule has 1 aromatic rings. The average molecular weight is 218 g/mol. The van der Waals surface area contributed by atoms with E-state index in [0.29, 0.717) is 25.2 Å². The molecule has 2 atom stereocenters. The largest absolute Gasteiger partial charge is 0.387 e. The summed E-state index contributed by atoms with van der Waals surface area (Å²) in [5.74, 6) is 0. The van der Waals surface area contributed by atoms with Gasteiger partial charge in [-0.1, -0.05) is 6.07 Å². The Morgan fingerprint density at radius 1 is 1.62 bits per heavy atom. The number of hydrogen-bond acceptors (Lipinski definition) is 4. The minimum Gasteiger partial charge on any atom is -0.387 e. The summed E-state index contributed by atoms with van der Waals surface area (Å²) in [4.78, 5) is 3.96. The Morgan fingerprint density at radius 3 is 3.06 bits per heavy atom. The van der Waals surface area contributed by atoms with Gasteiger partial charge in [-0.3, -0.25) is 4.98 Å². The fourth-order valence-corrected chi connectivity index (χ4v) is 2.04. The van der Waals surface area contributed by atoms with Gasteiger partial charge in [0.1, 0.15) is 11.5 Å². The molecule has 2 heterocycles. The van der Waals surface area contributed by atoms with Crippen molar-refractivity contribution in [1.29, 1.82) is 5.26 Å². The molecular weight excluding hydrogens is 204 g/mol. The van der Waals surface area contributed by atoms with E-state index < -0.39 is 11.5 Å². The molecule has 2 unspecified atom stereocenters. The van der Waals surface area contributed by atoms with Crippen molar-refractivity contribution in [3.05, 3.63) is 30.1 Å². The molecule has 1 N–H and O–H groups in total. The third kappa shape index (κ3) is 1.92. The number of pyridine rings is 1. The Balaban J connectivity index is 2.25. The lowest BCUT2D eigenvalue weighted by molar-refractivity contribution is -0.0506. The lowest BCUT2D eigenvalue weighted by Gasteiger charge is -2.34. The smallest absolute Gasteiger partial charge is 0.111 e. The molecule has 0 amide bonds. The second kappa shape index (κ2) is 4.60. The number of hydrogen-bond donors (Lipinski definition) is 1. The lowest BCUT2D eigenvalue weighted by atomic mass is 9.76. The number of aliphatic hydroxyl groups is 1. The van der Waals surface area contributed by atoms with Gasteiger partial charge in [-0.2, -0.15) is 5.26 Å². The van der Waals surface area contributed by atoms with Gasteiger partial charge >= 0.3 is 0 Å². The third-order valence-corrected chi connectivity index (χ3v) is 3.02. The van der Waals surface area contributed by atoms with E-state index in [0.717, 1.165) is 6.42 Å². The second-order valence-corrected chi connectivity index (χ2v) is 4.11. The molecule has 0 bridgehead atoms. The molecule has 0 saturated carbocycles. The van der Waals surface area contributed by atoms with Gasteiger partial charge in [0.15, 0.2) is 0 Å². The summed E-state index contributed by atoms with van der Waals surface area (Å²) in [6, 6.07) is 5.75. The summed E-state index contributed by atoms with van der Waals surface area (Å²) in [7, 11) is 0. The molecule has 84 valence electrons. The highest BCUT2D eigenvalue weighted by Crippen LogP contribution is 2.39. The lowest BCUT2D eigenvalue weighted by Crippen LogP contribution is -2.36. The van der Waals surface area contributed by atoms with Crippen LogP contribution in [0.5, 0.6) is 0 Å². The topological polar surface area (TPSA) is 66.1 Å². The summed E-state index contributed by atoms with van der Waals surface area (Å²) >= 11 is 0. The summed E-state index contributed by atoms with van der Waals surface area (Å²) in [6.07, 6.45) is 3.89. The van der Waals surface area contributed by atoms with Gasteiger partial charge in [-0.25, -0.2) is 0 Å². The molecule has 4 nitrogen and oxygen atoms in total. The van der Waals surface area contributed by atoms with Gasteiger partial charge in [0.05, 0.1) is 12.7 Å². The van der Waals surface area contributed by atoms with Gasteiger partial charge in [0, 0.05) is 24.6 Å². The number of nitriles is 1. The van der Waals surface area contributed by atoms with Crippen LogP contribution in [0, 0.1) is 16.7 Å². The van der Waals surface area contributed by atoms with Crippen LogP contribution in [-0.4, -0.2) is 23.3 Å². The molecule has 0 aromatic carbocycles. The minimum absolute atomic E-state index is 0.291. The Labute approximate surface area is 94.5 Å². The van der Waals surface area contributed by atoms with Crippen molar-refractivity contribution < 1.29 is 9.84 Å². The Kier molecular flexibility index (Phi) is 3.18. The highest BCUT2D eigenvalue weighted by molar-refractivity contribution is 5.20. The molecule has 1 aliphatic rings. The van der Waals surface area contributed by atoms with Crippen LogP contribution >= 0.6 is 0 Å². The Bertz CT molecular complexity index is 380. The summed E-state index contributed by atoms with van der Waals surface area (Å²) < 4.78 is 5.32. The van der Waals surface area contributed by atoms with Crippen LogP contribution in [0.25, 0.3) is 0 Å². The van der Waals surface area contributed by atoms with Crippen molar-refractivity contribution in [3.63, 3.8) is 0 Å². The van der Waals surface area contributed by atoms with Crippen molar-refractivity contribution in [1.82, 2.24) is 4.98 Å². The first-order chi connectivity index (χ1) is 7.78. The monoisotopic (exact) mass is 218 g/mol. The van der Waals surface area contributed by atoms with Gasteiger partial charge in [0.2, 0.25) is 0 Å². The summed E-state index contributed by atoms with van der Waals surface area (Å²) in [5, 5.41) is 19.5. The van der Waals surface area contributed by atoms with E-state index in [9.17, 15) is 10.4 Å².